The van der Waals surface area contributed by atoms with E-state index < -0.39 is 5.60 Å². The van der Waals surface area contributed by atoms with Gasteiger partial charge in [-0.1, -0.05) is 19.1 Å². The minimum Gasteiger partial charge on any atom is -0.389 e. The van der Waals surface area contributed by atoms with E-state index in [1.807, 2.05) is 0 Å². The standard InChI is InChI=1S/C15H22FNO/c1-2-17-10-3-8-15(18,9-11-17)12-13-4-6-14(16)7-5-13/h4-7,18H,2-3,8-12H2,1H3. The van der Waals surface area contributed by atoms with E-state index in [9.17, 15) is 9.50 Å². The molecule has 0 saturated carbocycles. The average Bonchev–Trinajstić information content (AvgIpc) is 2.54. The summed E-state index contributed by atoms with van der Waals surface area (Å²) in [5, 5.41) is 10.7. The summed E-state index contributed by atoms with van der Waals surface area (Å²) in [5.41, 5.74) is 0.394. The van der Waals surface area contributed by atoms with Crippen molar-refractivity contribution >= 4 is 0 Å². The molecule has 0 spiro atoms. The Morgan fingerprint density at radius 1 is 1.22 bits per heavy atom. The molecule has 1 unspecified atom stereocenters. The van der Waals surface area contributed by atoms with Gasteiger partial charge in [-0.15, -0.1) is 0 Å². The number of likely N-dealkylation sites (tertiary alicyclic amines) is 1. The van der Waals surface area contributed by atoms with Crippen LogP contribution in [0.2, 0.25) is 0 Å². The third-order valence-corrected chi connectivity index (χ3v) is 3.90. The van der Waals surface area contributed by atoms with Crippen LogP contribution < -0.4 is 0 Å². The van der Waals surface area contributed by atoms with Crippen LogP contribution in [0.4, 0.5) is 4.39 Å². The summed E-state index contributed by atoms with van der Waals surface area (Å²) in [7, 11) is 0. The maximum atomic E-state index is 12.9. The number of hydrogen-bond donors (Lipinski definition) is 1. The highest BCUT2D eigenvalue weighted by Gasteiger charge is 2.29. The van der Waals surface area contributed by atoms with Crippen LogP contribution >= 0.6 is 0 Å². The zero-order chi connectivity index (χ0) is 13.0. The summed E-state index contributed by atoms with van der Waals surface area (Å²) in [4.78, 5) is 2.38. The van der Waals surface area contributed by atoms with E-state index in [4.69, 9.17) is 0 Å². The molecule has 2 rings (SSSR count). The van der Waals surface area contributed by atoms with Gasteiger partial charge in [0.05, 0.1) is 5.60 Å². The molecule has 2 nitrogen and oxygen atoms in total. The third-order valence-electron chi connectivity index (χ3n) is 3.90. The normalized spacial score (nSPS) is 25.9. The largest absolute Gasteiger partial charge is 0.389 e. The average molecular weight is 251 g/mol. The van der Waals surface area contributed by atoms with Crippen molar-refractivity contribution in [2.75, 3.05) is 19.6 Å². The highest BCUT2D eigenvalue weighted by Crippen LogP contribution is 2.26. The van der Waals surface area contributed by atoms with E-state index in [2.05, 4.69) is 11.8 Å². The zero-order valence-electron chi connectivity index (χ0n) is 11.0. The van der Waals surface area contributed by atoms with Crippen molar-refractivity contribution in [2.45, 2.75) is 38.2 Å². The predicted molar refractivity (Wildman–Crippen MR) is 71.0 cm³/mol. The number of nitrogens with zero attached hydrogens (tertiary/aromatic N) is 1. The van der Waals surface area contributed by atoms with Crippen LogP contribution in [0.15, 0.2) is 24.3 Å². The van der Waals surface area contributed by atoms with Gasteiger partial charge in [-0.25, -0.2) is 4.39 Å². The summed E-state index contributed by atoms with van der Waals surface area (Å²) in [5.74, 6) is -0.219. The van der Waals surface area contributed by atoms with E-state index in [-0.39, 0.29) is 5.82 Å². The fraction of sp³-hybridized carbons (Fsp3) is 0.600. The lowest BCUT2D eigenvalue weighted by Gasteiger charge is -2.27. The smallest absolute Gasteiger partial charge is 0.123 e. The molecule has 18 heavy (non-hydrogen) atoms. The highest BCUT2D eigenvalue weighted by molar-refractivity contribution is 5.18. The molecule has 0 amide bonds. The van der Waals surface area contributed by atoms with E-state index in [0.717, 1.165) is 44.5 Å². The summed E-state index contributed by atoms with van der Waals surface area (Å²) in [6.45, 7) is 5.23. The molecule has 1 fully saturated rings. The number of rotatable bonds is 3. The Labute approximate surface area is 108 Å². The van der Waals surface area contributed by atoms with Gasteiger partial charge in [0.15, 0.2) is 0 Å². The maximum Gasteiger partial charge on any atom is 0.123 e. The molecule has 1 aliphatic heterocycles. The van der Waals surface area contributed by atoms with E-state index in [1.165, 1.54) is 12.1 Å². The molecule has 0 aliphatic carbocycles. The Morgan fingerprint density at radius 2 is 1.94 bits per heavy atom. The Balaban J connectivity index is 2.00. The van der Waals surface area contributed by atoms with Crippen molar-refractivity contribution in [1.29, 1.82) is 0 Å². The number of benzene rings is 1. The third kappa shape index (κ3) is 3.53. The first-order valence-electron chi connectivity index (χ1n) is 6.80. The topological polar surface area (TPSA) is 23.5 Å². The fourth-order valence-corrected chi connectivity index (χ4v) is 2.71. The molecule has 0 aromatic heterocycles. The number of aliphatic hydroxyl groups is 1. The van der Waals surface area contributed by atoms with Gasteiger partial charge < -0.3 is 10.0 Å². The summed E-state index contributed by atoms with van der Waals surface area (Å²) < 4.78 is 12.9. The monoisotopic (exact) mass is 251 g/mol. The summed E-state index contributed by atoms with van der Waals surface area (Å²) >= 11 is 0. The minimum absolute atomic E-state index is 0.219. The minimum atomic E-state index is -0.623. The van der Waals surface area contributed by atoms with Crippen LogP contribution in [0.5, 0.6) is 0 Å². The van der Waals surface area contributed by atoms with Crippen molar-refractivity contribution in [3.8, 4) is 0 Å². The lowest BCUT2D eigenvalue weighted by Crippen LogP contribution is -2.33. The Morgan fingerprint density at radius 3 is 2.61 bits per heavy atom. The molecule has 1 heterocycles. The molecule has 3 heteroatoms. The molecule has 0 radical (unpaired) electrons. The van der Waals surface area contributed by atoms with Crippen LogP contribution in [0.25, 0.3) is 0 Å². The lowest BCUT2D eigenvalue weighted by atomic mass is 9.88. The van der Waals surface area contributed by atoms with Crippen molar-refractivity contribution < 1.29 is 9.50 Å². The van der Waals surface area contributed by atoms with E-state index >= 15 is 0 Å². The van der Waals surface area contributed by atoms with Crippen molar-refractivity contribution in [2.24, 2.45) is 0 Å². The Hall–Kier alpha value is -0.930. The second-order valence-electron chi connectivity index (χ2n) is 5.32. The van der Waals surface area contributed by atoms with Crippen molar-refractivity contribution in [1.82, 2.24) is 4.90 Å². The first-order valence-corrected chi connectivity index (χ1v) is 6.80. The predicted octanol–water partition coefficient (Wildman–Crippen LogP) is 2.61. The molecule has 1 saturated heterocycles. The van der Waals surface area contributed by atoms with Gasteiger partial charge in [-0.05, 0) is 50.0 Å². The summed E-state index contributed by atoms with van der Waals surface area (Å²) in [6.07, 6.45) is 3.30. The highest BCUT2D eigenvalue weighted by atomic mass is 19.1. The molecule has 1 atom stereocenters. The van der Waals surface area contributed by atoms with Crippen LogP contribution in [0, 0.1) is 5.82 Å². The molecule has 1 aliphatic rings. The molecule has 100 valence electrons. The molecule has 1 N–H and O–H groups in total. The van der Waals surface area contributed by atoms with Gasteiger partial charge in [-0.3, -0.25) is 0 Å². The quantitative estimate of drug-likeness (QED) is 0.892. The lowest BCUT2D eigenvalue weighted by molar-refractivity contribution is 0.0258. The van der Waals surface area contributed by atoms with Gasteiger partial charge >= 0.3 is 0 Å². The second-order valence-corrected chi connectivity index (χ2v) is 5.32. The van der Waals surface area contributed by atoms with Gasteiger partial charge in [0.25, 0.3) is 0 Å². The first kappa shape index (κ1) is 13.5. The number of hydrogen-bond acceptors (Lipinski definition) is 2. The fourth-order valence-electron chi connectivity index (χ4n) is 2.71. The van der Waals surface area contributed by atoms with Gasteiger partial charge in [0.2, 0.25) is 0 Å². The van der Waals surface area contributed by atoms with Gasteiger partial charge in [0, 0.05) is 13.0 Å². The molecule has 1 aromatic carbocycles. The second kappa shape index (κ2) is 5.81. The summed E-state index contributed by atoms with van der Waals surface area (Å²) in [6, 6.07) is 6.48. The molecule has 0 bridgehead atoms. The van der Waals surface area contributed by atoms with Crippen LogP contribution in [0.1, 0.15) is 31.7 Å². The van der Waals surface area contributed by atoms with E-state index in [0.29, 0.717) is 6.42 Å². The Kier molecular flexibility index (Phi) is 4.36. The molecule has 1 aromatic rings. The van der Waals surface area contributed by atoms with E-state index in [1.54, 1.807) is 12.1 Å². The van der Waals surface area contributed by atoms with Crippen LogP contribution in [-0.4, -0.2) is 35.2 Å². The van der Waals surface area contributed by atoms with Crippen LogP contribution in [-0.2, 0) is 6.42 Å². The zero-order valence-corrected chi connectivity index (χ0v) is 11.0. The van der Waals surface area contributed by atoms with Crippen molar-refractivity contribution in [3.05, 3.63) is 35.6 Å². The van der Waals surface area contributed by atoms with Gasteiger partial charge in [-0.2, -0.15) is 0 Å². The SMILES string of the molecule is CCN1CCCC(O)(Cc2ccc(F)cc2)CC1. The Bertz CT molecular complexity index is 379. The first-order chi connectivity index (χ1) is 8.61. The molecular formula is C15H22FNO. The molecular weight excluding hydrogens is 229 g/mol. The number of halogens is 1. The van der Waals surface area contributed by atoms with Gasteiger partial charge in [0.1, 0.15) is 5.82 Å². The van der Waals surface area contributed by atoms with Crippen LogP contribution in [0.3, 0.4) is 0 Å². The van der Waals surface area contributed by atoms with Crippen molar-refractivity contribution in [3.63, 3.8) is 0 Å². The maximum absolute atomic E-state index is 12.9.